The molecule has 20 heavy (non-hydrogen) atoms. The summed E-state index contributed by atoms with van der Waals surface area (Å²) in [5.41, 5.74) is 1.05. The van der Waals surface area contributed by atoms with Crippen LogP contribution in [-0.4, -0.2) is 14.2 Å². The van der Waals surface area contributed by atoms with Gasteiger partial charge < -0.3 is 10.1 Å². The smallest absolute Gasteiger partial charge is 0.129 e. The maximum atomic E-state index is 13.7. The van der Waals surface area contributed by atoms with Gasteiger partial charge in [0.2, 0.25) is 0 Å². The number of benzene rings is 2. The number of hydrogen-bond donors (Lipinski definition) is 1. The van der Waals surface area contributed by atoms with Crippen LogP contribution in [0.15, 0.2) is 42.5 Å². The van der Waals surface area contributed by atoms with Gasteiger partial charge in [0, 0.05) is 11.6 Å². The molecule has 0 aliphatic carbocycles. The van der Waals surface area contributed by atoms with Crippen LogP contribution in [0.4, 0.5) is 8.78 Å². The molecular weight excluding hydrogens is 260 g/mol. The van der Waals surface area contributed by atoms with Crippen molar-refractivity contribution in [1.29, 1.82) is 0 Å². The second-order valence-electron chi connectivity index (χ2n) is 4.52. The summed E-state index contributed by atoms with van der Waals surface area (Å²) in [6.45, 7) is 0. The fourth-order valence-corrected chi connectivity index (χ4v) is 2.15. The van der Waals surface area contributed by atoms with Gasteiger partial charge in [0.1, 0.15) is 17.4 Å². The highest BCUT2D eigenvalue weighted by Gasteiger charge is 2.16. The monoisotopic (exact) mass is 277 g/mol. The third kappa shape index (κ3) is 3.14. The number of ether oxygens (including phenoxy) is 1. The molecule has 0 aromatic heterocycles. The fourth-order valence-electron chi connectivity index (χ4n) is 2.15. The summed E-state index contributed by atoms with van der Waals surface area (Å²) in [6.07, 6.45) is 0.251. The molecule has 2 aromatic rings. The van der Waals surface area contributed by atoms with E-state index in [1.807, 2.05) is 24.3 Å². The molecule has 0 fully saturated rings. The van der Waals surface area contributed by atoms with E-state index in [9.17, 15) is 8.78 Å². The lowest BCUT2D eigenvalue weighted by molar-refractivity contribution is 0.414. The van der Waals surface area contributed by atoms with Gasteiger partial charge in [0.05, 0.1) is 7.11 Å². The highest BCUT2D eigenvalue weighted by molar-refractivity contribution is 5.31. The van der Waals surface area contributed by atoms with Crippen molar-refractivity contribution in [3.63, 3.8) is 0 Å². The highest BCUT2D eigenvalue weighted by atomic mass is 19.1. The van der Waals surface area contributed by atoms with Crippen molar-refractivity contribution in [2.75, 3.05) is 14.2 Å². The van der Waals surface area contributed by atoms with Crippen LogP contribution in [0, 0.1) is 11.6 Å². The summed E-state index contributed by atoms with van der Waals surface area (Å²) < 4.78 is 32.5. The summed E-state index contributed by atoms with van der Waals surface area (Å²) in [6, 6.07) is 11.2. The third-order valence-corrected chi connectivity index (χ3v) is 3.34. The molecule has 0 spiro atoms. The molecule has 0 aliphatic heterocycles. The van der Waals surface area contributed by atoms with Crippen molar-refractivity contribution in [1.82, 2.24) is 5.32 Å². The minimum atomic E-state index is -0.515. The van der Waals surface area contributed by atoms with Gasteiger partial charge in [0.25, 0.3) is 0 Å². The van der Waals surface area contributed by atoms with Gasteiger partial charge in [-0.2, -0.15) is 0 Å². The largest absolute Gasteiger partial charge is 0.497 e. The Kier molecular flexibility index (Phi) is 4.69. The number of nitrogens with one attached hydrogen (secondary N) is 1. The second kappa shape index (κ2) is 6.48. The first-order valence-corrected chi connectivity index (χ1v) is 6.39. The van der Waals surface area contributed by atoms with Crippen molar-refractivity contribution in [3.05, 3.63) is 65.2 Å². The Bertz CT molecular complexity index is 549. The van der Waals surface area contributed by atoms with Crippen LogP contribution >= 0.6 is 0 Å². The Balaban J connectivity index is 2.24. The molecule has 2 aromatic carbocycles. The minimum Gasteiger partial charge on any atom is -0.497 e. The Morgan fingerprint density at radius 3 is 2.15 bits per heavy atom. The molecule has 1 atom stereocenters. The summed E-state index contributed by atoms with van der Waals surface area (Å²) in [5.74, 6) is -0.279. The molecule has 0 bridgehead atoms. The lowest BCUT2D eigenvalue weighted by Crippen LogP contribution is -2.20. The van der Waals surface area contributed by atoms with Crippen LogP contribution in [0.25, 0.3) is 0 Å². The first-order chi connectivity index (χ1) is 9.65. The van der Waals surface area contributed by atoms with Crippen LogP contribution in [-0.2, 0) is 6.42 Å². The molecule has 0 amide bonds. The van der Waals surface area contributed by atoms with E-state index < -0.39 is 11.6 Å². The van der Waals surface area contributed by atoms with Crippen LogP contribution in [0.5, 0.6) is 5.75 Å². The number of halogens is 2. The molecule has 1 N–H and O–H groups in total. The molecule has 0 saturated carbocycles. The zero-order valence-electron chi connectivity index (χ0n) is 11.5. The Labute approximate surface area is 117 Å². The van der Waals surface area contributed by atoms with E-state index >= 15 is 0 Å². The summed E-state index contributed by atoms with van der Waals surface area (Å²) in [4.78, 5) is 0. The van der Waals surface area contributed by atoms with Gasteiger partial charge >= 0.3 is 0 Å². The maximum Gasteiger partial charge on any atom is 0.129 e. The molecular formula is C16H17F2NO. The molecule has 1 unspecified atom stereocenters. The summed E-state index contributed by atoms with van der Waals surface area (Å²) >= 11 is 0. The topological polar surface area (TPSA) is 21.3 Å². The van der Waals surface area contributed by atoms with Gasteiger partial charge in [-0.1, -0.05) is 18.2 Å². The molecule has 2 nitrogen and oxygen atoms in total. The van der Waals surface area contributed by atoms with E-state index in [0.29, 0.717) is 0 Å². The Morgan fingerprint density at radius 1 is 1.05 bits per heavy atom. The fraction of sp³-hybridized carbons (Fsp3) is 0.250. The van der Waals surface area contributed by atoms with Gasteiger partial charge in [-0.05, 0) is 43.3 Å². The van der Waals surface area contributed by atoms with E-state index in [1.54, 1.807) is 14.2 Å². The predicted molar refractivity (Wildman–Crippen MR) is 74.9 cm³/mol. The summed E-state index contributed by atoms with van der Waals surface area (Å²) in [7, 11) is 3.37. The van der Waals surface area contributed by atoms with Gasteiger partial charge in [-0.3, -0.25) is 0 Å². The predicted octanol–water partition coefficient (Wildman–Crippen LogP) is 3.48. The highest BCUT2D eigenvalue weighted by Crippen LogP contribution is 2.23. The van der Waals surface area contributed by atoms with Crippen LogP contribution in [0.2, 0.25) is 0 Å². The quantitative estimate of drug-likeness (QED) is 0.903. The average Bonchev–Trinajstić information content (AvgIpc) is 2.47. The van der Waals surface area contributed by atoms with Gasteiger partial charge in [0.15, 0.2) is 0 Å². The third-order valence-electron chi connectivity index (χ3n) is 3.34. The van der Waals surface area contributed by atoms with Crippen LogP contribution in [0.1, 0.15) is 17.2 Å². The first kappa shape index (κ1) is 14.5. The lowest BCUT2D eigenvalue weighted by atomic mass is 9.98. The SMILES string of the molecule is CNC(Cc1c(F)cccc1F)c1ccc(OC)cc1. The lowest BCUT2D eigenvalue weighted by Gasteiger charge is -2.18. The van der Waals surface area contributed by atoms with Crippen molar-refractivity contribution in [3.8, 4) is 5.75 Å². The zero-order valence-corrected chi connectivity index (χ0v) is 11.5. The molecule has 2 rings (SSSR count). The number of rotatable bonds is 5. The van der Waals surface area contributed by atoms with E-state index in [4.69, 9.17) is 4.74 Å². The standard InChI is InChI=1S/C16H17F2NO/c1-19-16(11-6-8-12(20-2)9-7-11)10-13-14(17)4-3-5-15(13)18/h3-9,16,19H,10H2,1-2H3. The van der Waals surface area contributed by atoms with Crippen LogP contribution < -0.4 is 10.1 Å². The van der Waals surface area contributed by atoms with E-state index in [2.05, 4.69) is 5.32 Å². The van der Waals surface area contributed by atoms with Crippen LogP contribution in [0.3, 0.4) is 0 Å². The minimum absolute atomic E-state index is 0.0997. The van der Waals surface area contributed by atoms with E-state index in [1.165, 1.54) is 18.2 Å². The van der Waals surface area contributed by atoms with E-state index in [-0.39, 0.29) is 18.0 Å². The van der Waals surface area contributed by atoms with Gasteiger partial charge in [-0.25, -0.2) is 8.78 Å². The first-order valence-electron chi connectivity index (χ1n) is 6.39. The zero-order chi connectivity index (χ0) is 14.5. The van der Waals surface area contributed by atoms with E-state index in [0.717, 1.165) is 11.3 Å². The summed E-state index contributed by atoms with van der Waals surface area (Å²) in [5, 5.41) is 3.08. The number of methoxy groups -OCH3 is 1. The molecule has 106 valence electrons. The van der Waals surface area contributed by atoms with Crippen molar-refractivity contribution in [2.24, 2.45) is 0 Å². The Hall–Kier alpha value is -1.94. The Morgan fingerprint density at radius 2 is 1.65 bits per heavy atom. The normalized spacial score (nSPS) is 12.2. The van der Waals surface area contributed by atoms with Crippen molar-refractivity contribution >= 4 is 0 Å². The molecule has 4 heteroatoms. The number of hydrogen-bond acceptors (Lipinski definition) is 2. The maximum absolute atomic E-state index is 13.7. The molecule has 0 radical (unpaired) electrons. The molecule has 0 saturated heterocycles. The van der Waals surface area contributed by atoms with Crippen molar-refractivity contribution in [2.45, 2.75) is 12.5 Å². The van der Waals surface area contributed by atoms with Crippen molar-refractivity contribution < 1.29 is 13.5 Å². The number of likely N-dealkylation sites (N-methyl/N-ethyl adjacent to an activating group) is 1. The van der Waals surface area contributed by atoms with Gasteiger partial charge in [-0.15, -0.1) is 0 Å². The molecule has 0 heterocycles. The second-order valence-corrected chi connectivity index (χ2v) is 4.52. The molecule has 0 aliphatic rings. The average molecular weight is 277 g/mol.